The first-order valence-corrected chi connectivity index (χ1v) is 6.57. The molecule has 0 fully saturated rings. The van der Waals surface area contributed by atoms with Gasteiger partial charge >= 0.3 is 0 Å². The van der Waals surface area contributed by atoms with E-state index in [0.29, 0.717) is 21.3 Å². The molecule has 100 valence electrons. The highest BCUT2D eigenvalue weighted by Crippen LogP contribution is 2.25. The van der Waals surface area contributed by atoms with Crippen molar-refractivity contribution < 1.29 is 4.92 Å². The van der Waals surface area contributed by atoms with Gasteiger partial charge in [-0.2, -0.15) is 5.26 Å². The Morgan fingerprint density at radius 1 is 1.30 bits per heavy atom. The maximum atomic E-state index is 11.0. The molecule has 0 heterocycles. The molecular formula is C14H10BrN3O2. The molecule has 0 atom stereocenters. The highest BCUT2D eigenvalue weighted by molar-refractivity contribution is 9.10. The van der Waals surface area contributed by atoms with Crippen LogP contribution in [-0.2, 0) is 6.54 Å². The Morgan fingerprint density at radius 2 is 2.05 bits per heavy atom. The van der Waals surface area contributed by atoms with Gasteiger partial charge in [0, 0.05) is 22.6 Å². The molecule has 0 bridgehead atoms. The lowest BCUT2D eigenvalue weighted by Crippen LogP contribution is -2.04. The van der Waals surface area contributed by atoms with Crippen LogP contribution in [0.1, 0.15) is 11.1 Å². The van der Waals surface area contributed by atoms with Crippen molar-refractivity contribution in [1.82, 2.24) is 0 Å². The molecule has 0 saturated heterocycles. The molecule has 0 radical (unpaired) electrons. The standard InChI is InChI=1S/C14H10BrN3O2/c15-12-6-5-11(14(7-12)18(19)20)9-17-13-4-2-1-3-10(13)8-16/h1-7,17H,9H2. The van der Waals surface area contributed by atoms with E-state index in [2.05, 4.69) is 27.3 Å². The monoisotopic (exact) mass is 331 g/mol. The maximum absolute atomic E-state index is 11.0. The van der Waals surface area contributed by atoms with Crippen molar-refractivity contribution in [1.29, 1.82) is 5.26 Å². The number of hydrogen-bond acceptors (Lipinski definition) is 4. The van der Waals surface area contributed by atoms with Crippen LogP contribution in [0.15, 0.2) is 46.9 Å². The smallest absolute Gasteiger partial charge is 0.275 e. The summed E-state index contributed by atoms with van der Waals surface area (Å²) in [7, 11) is 0. The zero-order chi connectivity index (χ0) is 14.5. The molecule has 2 rings (SSSR count). The van der Waals surface area contributed by atoms with Crippen LogP contribution in [0.25, 0.3) is 0 Å². The molecule has 0 saturated carbocycles. The zero-order valence-electron chi connectivity index (χ0n) is 10.3. The van der Waals surface area contributed by atoms with Gasteiger partial charge in [0.25, 0.3) is 5.69 Å². The lowest BCUT2D eigenvalue weighted by atomic mass is 10.1. The number of para-hydroxylation sites is 1. The van der Waals surface area contributed by atoms with Gasteiger partial charge in [-0.05, 0) is 24.3 Å². The summed E-state index contributed by atoms with van der Waals surface area (Å²) in [6, 6.07) is 14.0. The third-order valence-electron chi connectivity index (χ3n) is 2.76. The summed E-state index contributed by atoms with van der Waals surface area (Å²) >= 11 is 3.22. The Labute approximate surface area is 124 Å². The second kappa shape index (κ2) is 6.17. The predicted octanol–water partition coefficient (Wildman–Crippen LogP) is 3.84. The van der Waals surface area contributed by atoms with Crippen LogP contribution in [0.3, 0.4) is 0 Å². The topological polar surface area (TPSA) is 79.0 Å². The molecule has 0 aliphatic rings. The normalized spacial score (nSPS) is 9.80. The van der Waals surface area contributed by atoms with E-state index in [-0.39, 0.29) is 12.2 Å². The first-order valence-electron chi connectivity index (χ1n) is 5.77. The van der Waals surface area contributed by atoms with Gasteiger partial charge in [-0.3, -0.25) is 10.1 Å². The first kappa shape index (κ1) is 14.0. The van der Waals surface area contributed by atoms with Gasteiger partial charge in [0.15, 0.2) is 0 Å². The average Bonchev–Trinajstić information content (AvgIpc) is 2.46. The second-order valence-electron chi connectivity index (χ2n) is 4.04. The number of hydrogen-bond donors (Lipinski definition) is 1. The molecule has 1 N–H and O–H groups in total. The van der Waals surface area contributed by atoms with Gasteiger partial charge in [-0.15, -0.1) is 0 Å². The van der Waals surface area contributed by atoms with Crippen LogP contribution in [0.4, 0.5) is 11.4 Å². The number of halogens is 1. The molecule has 0 amide bonds. The zero-order valence-corrected chi connectivity index (χ0v) is 11.9. The Bertz CT molecular complexity index is 695. The molecule has 6 heteroatoms. The van der Waals surface area contributed by atoms with E-state index in [1.165, 1.54) is 6.07 Å². The van der Waals surface area contributed by atoms with Crippen molar-refractivity contribution >= 4 is 27.3 Å². The SMILES string of the molecule is N#Cc1ccccc1NCc1ccc(Br)cc1[N+](=O)[O-]. The first-order chi connectivity index (χ1) is 9.61. The van der Waals surface area contributed by atoms with Gasteiger partial charge in [0.2, 0.25) is 0 Å². The van der Waals surface area contributed by atoms with Crippen LogP contribution in [0.2, 0.25) is 0 Å². The fourth-order valence-electron chi connectivity index (χ4n) is 1.78. The number of nitriles is 1. The molecule has 0 unspecified atom stereocenters. The van der Waals surface area contributed by atoms with E-state index in [9.17, 15) is 10.1 Å². The number of nitro groups is 1. The van der Waals surface area contributed by atoms with E-state index in [1.54, 1.807) is 36.4 Å². The molecule has 5 nitrogen and oxygen atoms in total. The Morgan fingerprint density at radius 3 is 2.75 bits per heavy atom. The van der Waals surface area contributed by atoms with E-state index in [0.717, 1.165) is 0 Å². The summed E-state index contributed by atoms with van der Waals surface area (Å²) in [5.74, 6) is 0. The fourth-order valence-corrected chi connectivity index (χ4v) is 2.13. The van der Waals surface area contributed by atoms with Gasteiger partial charge in [0.05, 0.1) is 16.2 Å². The Kier molecular flexibility index (Phi) is 4.33. The quantitative estimate of drug-likeness (QED) is 0.681. The molecule has 0 aliphatic carbocycles. The summed E-state index contributed by atoms with van der Waals surface area (Å²) in [6.45, 7) is 0.280. The summed E-state index contributed by atoms with van der Waals surface area (Å²) in [4.78, 5) is 10.6. The van der Waals surface area contributed by atoms with E-state index < -0.39 is 4.92 Å². The third-order valence-corrected chi connectivity index (χ3v) is 3.25. The summed E-state index contributed by atoms with van der Waals surface area (Å²) in [5, 5.41) is 23.1. The van der Waals surface area contributed by atoms with Crippen LogP contribution in [0.5, 0.6) is 0 Å². The van der Waals surface area contributed by atoms with Crippen LogP contribution in [0, 0.1) is 21.4 Å². The van der Waals surface area contributed by atoms with E-state index in [1.807, 2.05) is 0 Å². The van der Waals surface area contributed by atoms with Crippen molar-refractivity contribution in [3.63, 3.8) is 0 Å². The van der Waals surface area contributed by atoms with Crippen molar-refractivity contribution in [2.45, 2.75) is 6.54 Å². The van der Waals surface area contributed by atoms with E-state index in [4.69, 9.17) is 5.26 Å². The fraction of sp³-hybridized carbons (Fsp3) is 0.0714. The molecule has 2 aromatic carbocycles. The number of nitrogens with one attached hydrogen (secondary N) is 1. The number of benzene rings is 2. The summed E-state index contributed by atoms with van der Waals surface area (Å²) in [5.41, 5.74) is 1.77. The number of nitro benzene ring substituents is 1. The molecule has 2 aromatic rings. The Hall–Kier alpha value is -2.39. The van der Waals surface area contributed by atoms with Crippen molar-refractivity contribution in [3.05, 3.63) is 68.2 Å². The van der Waals surface area contributed by atoms with Gasteiger partial charge in [-0.25, -0.2) is 0 Å². The molecule has 20 heavy (non-hydrogen) atoms. The highest BCUT2D eigenvalue weighted by Gasteiger charge is 2.14. The minimum Gasteiger partial charge on any atom is -0.380 e. The minimum absolute atomic E-state index is 0.0429. The van der Waals surface area contributed by atoms with Crippen LogP contribution < -0.4 is 5.32 Å². The lowest BCUT2D eigenvalue weighted by Gasteiger charge is -2.08. The van der Waals surface area contributed by atoms with Crippen LogP contribution >= 0.6 is 15.9 Å². The van der Waals surface area contributed by atoms with Crippen molar-refractivity contribution in [3.8, 4) is 6.07 Å². The summed E-state index contributed by atoms with van der Waals surface area (Å²) < 4.78 is 0.658. The predicted molar refractivity (Wildman–Crippen MR) is 79.3 cm³/mol. The van der Waals surface area contributed by atoms with Crippen molar-refractivity contribution in [2.24, 2.45) is 0 Å². The van der Waals surface area contributed by atoms with Crippen LogP contribution in [-0.4, -0.2) is 4.92 Å². The largest absolute Gasteiger partial charge is 0.380 e. The summed E-state index contributed by atoms with van der Waals surface area (Å²) in [6.07, 6.45) is 0. The number of nitrogens with zero attached hydrogens (tertiary/aromatic N) is 2. The van der Waals surface area contributed by atoms with Gasteiger partial charge < -0.3 is 5.32 Å². The number of rotatable bonds is 4. The number of anilines is 1. The Balaban J connectivity index is 2.24. The maximum Gasteiger partial charge on any atom is 0.275 e. The third kappa shape index (κ3) is 3.13. The average molecular weight is 332 g/mol. The van der Waals surface area contributed by atoms with Crippen molar-refractivity contribution in [2.75, 3.05) is 5.32 Å². The molecule has 0 spiro atoms. The van der Waals surface area contributed by atoms with E-state index >= 15 is 0 Å². The second-order valence-corrected chi connectivity index (χ2v) is 4.96. The highest BCUT2D eigenvalue weighted by atomic mass is 79.9. The molecule has 0 aromatic heterocycles. The van der Waals surface area contributed by atoms with Gasteiger partial charge in [-0.1, -0.05) is 28.1 Å². The van der Waals surface area contributed by atoms with Gasteiger partial charge in [0.1, 0.15) is 6.07 Å². The minimum atomic E-state index is -0.419. The lowest BCUT2D eigenvalue weighted by molar-refractivity contribution is -0.385. The molecular weight excluding hydrogens is 322 g/mol. The molecule has 0 aliphatic heterocycles.